The summed E-state index contributed by atoms with van der Waals surface area (Å²) in [5.74, 6) is -0.00181. The maximum atomic E-state index is 14.2. The van der Waals surface area contributed by atoms with Crippen LogP contribution in [0.25, 0.3) is 21.8 Å². The zero-order chi connectivity index (χ0) is 31.8. The first kappa shape index (κ1) is 30.4. The van der Waals surface area contributed by atoms with E-state index in [1.807, 2.05) is 54.3 Å². The van der Waals surface area contributed by atoms with Crippen molar-refractivity contribution in [2.75, 3.05) is 59.4 Å². The molecular weight excluding hydrogens is 580 g/mol. The predicted octanol–water partition coefficient (Wildman–Crippen LogP) is 3.58. The van der Waals surface area contributed by atoms with E-state index in [4.69, 9.17) is 0 Å². The predicted molar refractivity (Wildman–Crippen MR) is 179 cm³/mol. The standard InChI is InChI=1S/C35H44N8O3/c1-23-19-26(20-27-22-36-39-31(23)27)32(34(45)42-17-15-41(16-18-42)28-9-11-40(2)12-10-28)38-35(46)43-13-7-24(8-14-43)29-21-25-5-3-4-6-30(25)37-33(29)44/h3-6,19-22,24,28,32H,7-18H2,1-2H3,(H,36,39)(H,37,44)(H,38,46). The molecule has 2 aromatic carbocycles. The third-order valence-electron chi connectivity index (χ3n) is 10.5. The molecule has 1 unspecified atom stereocenters. The topological polar surface area (TPSA) is 121 Å². The van der Waals surface area contributed by atoms with E-state index in [0.29, 0.717) is 45.1 Å². The fourth-order valence-corrected chi connectivity index (χ4v) is 7.64. The smallest absolute Gasteiger partial charge is 0.318 e. The normalized spacial score (nSPS) is 20.0. The van der Waals surface area contributed by atoms with Crippen LogP contribution in [0.4, 0.5) is 4.79 Å². The molecule has 11 heteroatoms. The van der Waals surface area contributed by atoms with Crippen LogP contribution in [0.1, 0.15) is 54.3 Å². The number of hydrogen-bond acceptors (Lipinski definition) is 6. The Labute approximate surface area is 268 Å². The number of nitrogens with zero attached hydrogens (tertiary/aromatic N) is 5. The van der Waals surface area contributed by atoms with Gasteiger partial charge in [-0.1, -0.05) is 24.3 Å². The molecule has 46 heavy (non-hydrogen) atoms. The van der Waals surface area contributed by atoms with E-state index < -0.39 is 6.04 Å². The Kier molecular flexibility index (Phi) is 8.52. The fourth-order valence-electron chi connectivity index (χ4n) is 7.64. The minimum absolute atomic E-state index is 0.0619. The number of aromatic amines is 2. The molecule has 2 aromatic heterocycles. The number of piperidine rings is 2. The first-order valence-corrected chi connectivity index (χ1v) is 16.7. The van der Waals surface area contributed by atoms with Crippen LogP contribution in [0.15, 0.2) is 53.5 Å². The molecule has 3 aliphatic heterocycles. The number of carbonyl (C=O) groups is 2. The Hall–Kier alpha value is -4.22. The van der Waals surface area contributed by atoms with Gasteiger partial charge in [-0.3, -0.25) is 19.6 Å². The SMILES string of the molecule is Cc1cc(C(NC(=O)N2CCC(c3cc4ccccc4[nH]c3=O)CC2)C(=O)N2CCN(C3CCN(C)CC3)CC2)cc2cn[nH]c12. The highest BCUT2D eigenvalue weighted by molar-refractivity contribution is 5.90. The van der Waals surface area contributed by atoms with Gasteiger partial charge in [-0.05, 0) is 93.4 Å². The van der Waals surface area contributed by atoms with Crippen LogP contribution in [-0.2, 0) is 4.79 Å². The van der Waals surface area contributed by atoms with Crippen molar-refractivity contribution in [2.45, 2.75) is 50.6 Å². The maximum absolute atomic E-state index is 14.2. The molecule has 5 heterocycles. The van der Waals surface area contributed by atoms with Crippen LogP contribution in [0.5, 0.6) is 0 Å². The van der Waals surface area contributed by atoms with Crippen molar-refractivity contribution < 1.29 is 9.59 Å². The number of pyridine rings is 1. The summed E-state index contributed by atoms with van der Waals surface area (Å²) < 4.78 is 0. The maximum Gasteiger partial charge on any atom is 0.318 e. The summed E-state index contributed by atoms with van der Waals surface area (Å²) in [6, 6.07) is 13.2. The lowest BCUT2D eigenvalue weighted by molar-refractivity contribution is -0.135. The molecule has 0 spiro atoms. The van der Waals surface area contributed by atoms with E-state index in [1.165, 1.54) is 12.8 Å². The number of hydrogen-bond donors (Lipinski definition) is 3. The van der Waals surface area contributed by atoms with Crippen molar-refractivity contribution in [2.24, 2.45) is 0 Å². The largest absolute Gasteiger partial charge is 0.338 e. The zero-order valence-corrected chi connectivity index (χ0v) is 26.8. The summed E-state index contributed by atoms with van der Waals surface area (Å²) in [6.45, 7) is 8.24. The van der Waals surface area contributed by atoms with E-state index >= 15 is 0 Å². The molecule has 242 valence electrons. The second-order valence-electron chi connectivity index (χ2n) is 13.4. The molecule has 11 nitrogen and oxygen atoms in total. The van der Waals surface area contributed by atoms with E-state index in [9.17, 15) is 14.4 Å². The quantitative estimate of drug-likeness (QED) is 0.312. The van der Waals surface area contributed by atoms with Gasteiger partial charge in [0.15, 0.2) is 0 Å². The summed E-state index contributed by atoms with van der Waals surface area (Å²) in [4.78, 5) is 52.5. The van der Waals surface area contributed by atoms with Crippen LogP contribution in [0.2, 0.25) is 0 Å². The van der Waals surface area contributed by atoms with Gasteiger partial charge in [0, 0.05) is 61.8 Å². The number of aryl methyl sites for hydroxylation is 1. The zero-order valence-electron chi connectivity index (χ0n) is 26.8. The molecule has 0 saturated carbocycles. The number of carbonyl (C=O) groups excluding carboxylic acids is 2. The van der Waals surface area contributed by atoms with E-state index in [1.54, 1.807) is 11.1 Å². The third-order valence-corrected chi connectivity index (χ3v) is 10.5. The lowest BCUT2D eigenvalue weighted by atomic mass is 9.89. The number of H-pyrrole nitrogens is 2. The van der Waals surface area contributed by atoms with Gasteiger partial charge >= 0.3 is 6.03 Å². The first-order valence-electron chi connectivity index (χ1n) is 16.7. The second-order valence-corrected chi connectivity index (χ2v) is 13.4. The minimum atomic E-state index is -0.804. The molecule has 0 radical (unpaired) electrons. The van der Waals surface area contributed by atoms with Crippen molar-refractivity contribution >= 4 is 33.7 Å². The molecule has 3 amide bonds. The van der Waals surface area contributed by atoms with Crippen LogP contribution in [-0.4, -0.2) is 112 Å². The van der Waals surface area contributed by atoms with Gasteiger partial charge in [0.25, 0.3) is 5.56 Å². The van der Waals surface area contributed by atoms with Crippen molar-refractivity contribution in [3.05, 3.63) is 75.7 Å². The minimum Gasteiger partial charge on any atom is -0.338 e. The first-order chi connectivity index (χ1) is 22.3. The average molecular weight is 625 g/mol. The number of aromatic nitrogens is 3. The molecule has 3 aliphatic rings. The summed E-state index contributed by atoms with van der Waals surface area (Å²) in [7, 11) is 2.18. The van der Waals surface area contributed by atoms with Crippen molar-refractivity contribution in [3.63, 3.8) is 0 Å². The van der Waals surface area contributed by atoms with Gasteiger partial charge in [-0.2, -0.15) is 5.10 Å². The number of piperazine rings is 1. The van der Waals surface area contributed by atoms with Crippen LogP contribution >= 0.6 is 0 Å². The number of fused-ring (bicyclic) bond motifs is 2. The van der Waals surface area contributed by atoms with Gasteiger partial charge in [0.2, 0.25) is 5.91 Å². The molecule has 7 rings (SSSR count). The molecule has 1 atom stereocenters. The van der Waals surface area contributed by atoms with Gasteiger partial charge < -0.3 is 25.0 Å². The average Bonchev–Trinajstić information content (AvgIpc) is 3.57. The lowest BCUT2D eigenvalue weighted by Crippen LogP contribution is -2.56. The molecular formula is C35H44N8O3. The number of urea groups is 1. The number of nitrogens with one attached hydrogen (secondary N) is 3. The molecule has 0 aliphatic carbocycles. The Morgan fingerprint density at radius 1 is 0.891 bits per heavy atom. The Balaban J connectivity index is 1.05. The van der Waals surface area contributed by atoms with E-state index in [0.717, 1.165) is 64.7 Å². The van der Waals surface area contributed by atoms with Crippen molar-refractivity contribution in [3.8, 4) is 0 Å². The number of amides is 3. The molecule has 0 bridgehead atoms. The van der Waals surface area contributed by atoms with Gasteiger partial charge in [-0.15, -0.1) is 0 Å². The number of para-hydroxylation sites is 1. The van der Waals surface area contributed by atoms with Gasteiger partial charge in [0.1, 0.15) is 6.04 Å². The molecule has 3 fully saturated rings. The summed E-state index contributed by atoms with van der Waals surface area (Å²) in [6.07, 6.45) is 5.46. The highest BCUT2D eigenvalue weighted by Gasteiger charge is 2.34. The van der Waals surface area contributed by atoms with Crippen molar-refractivity contribution in [1.29, 1.82) is 0 Å². The third kappa shape index (κ3) is 6.13. The highest BCUT2D eigenvalue weighted by Crippen LogP contribution is 2.29. The van der Waals surface area contributed by atoms with Gasteiger partial charge in [-0.25, -0.2) is 4.79 Å². The summed E-state index contributed by atoms with van der Waals surface area (Å²) in [5.41, 5.74) is 4.21. The van der Waals surface area contributed by atoms with Crippen LogP contribution in [0.3, 0.4) is 0 Å². The monoisotopic (exact) mass is 624 g/mol. The summed E-state index contributed by atoms with van der Waals surface area (Å²) >= 11 is 0. The lowest BCUT2D eigenvalue weighted by Gasteiger charge is -2.43. The number of likely N-dealkylation sites (tertiary alicyclic amines) is 2. The molecule has 3 N–H and O–H groups in total. The Morgan fingerprint density at radius 2 is 1.63 bits per heavy atom. The van der Waals surface area contributed by atoms with Crippen LogP contribution in [0, 0.1) is 6.92 Å². The second kappa shape index (κ2) is 12.9. The number of rotatable bonds is 5. The Bertz CT molecular complexity index is 1780. The number of benzene rings is 2. The van der Waals surface area contributed by atoms with Crippen LogP contribution < -0.4 is 10.9 Å². The summed E-state index contributed by atoms with van der Waals surface area (Å²) in [5, 5.41) is 12.3. The highest BCUT2D eigenvalue weighted by atomic mass is 16.2. The molecule has 4 aromatic rings. The van der Waals surface area contributed by atoms with Crippen molar-refractivity contribution in [1.82, 2.24) is 40.1 Å². The Morgan fingerprint density at radius 3 is 2.39 bits per heavy atom. The molecule has 3 saturated heterocycles. The van der Waals surface area contributed by atoms with E-state index in [-0.39, 0.29) is 23.4 Å². The van der Waals surface area contributed by atoms with Gasteiger partial charge in [0.05, 0.1) is 11.7 Å². The van der Waals surface area contributed by atoms with E-state index in [2.05, 4.69) is 37.3 Å². The fraction of sp³-hybridized carbons (Fsp3) is 0.486.